The third-order valence-corrected chi connectivity index (χ3v) is 2.34. The molecule has 0 aliphatic carbocycles. The van der Waals surface area contributed by atoms with Gasteiger partial charge in [0.05, 0.1) is 6.42 Å². The highest BCUT2D eigenvalue weighted by Gasteiger charge is 2.11. The molecule has 1 aromatic rings. The van der Waals surface area contributed by atoms with E-state index in [0.29, 0.717) is 12.2 Å². The third-order valence-electron chi connectivity index (χ3n) is 2.34. The van der Waals surface area contributed by atoms with Crippen LogP contribution in [0, 0.1) is 0 Å². The molecule has 0 aromatic heterocycles. The summed E-state index contributed by atoms with van der Waals surface area (Å²) in [5, 5.41) is 0. The quantitative estimate of drug-likeness (QED) is 0.462. The van der Waals surface area contributed by atoms with E-state index in [2.05, 4.69) is 4.74 Å². The number of benzene rings is 1. The van der Waals surface area contributed by atoms with Crippen LogP contribution in [-0.4, -0.2) is 17.9 Å². The van der Waals surface area contributed by atoms with Crippen molar-refractivity contribution in [2.75, 3.05) is 0 Å². The van der Waals surface area contributed by atoms with Gasteiger partial charge in [-0.3, -0.25) is 14.4 Å². The van der Waals surface area contributed by atoms with E-state index in [1.807, 2.05) is 0 Å². The van der Waals surface area contributed by atoms with Crippen LogP contribution in [0.4, 0.5) is 0 Å². The first-order valence-corrected chi connectivity index (χ1v) is 6.02. The minimum atomic E-state index is -0.579. The summed E-state index contributed by atoms with van der Waals surface area (Å²) in [5.74, 6) is -1.12. The highest BCUT2D eigenvalue weighted by atomic mass is 16.6. The first kappa shape index (κ1) is 14.9. The molecule has 0 saturated heterocycles. The Hall–Kier alpha value is -2.17. The van der Waals surface area contributed by atoms with Crippen LogP contribution in [0.25, 0.3) is 0 Å². The summed E-state index contributed by atoms with van der Waals surface area (Å²) in [6, 6.07) is 6.93. The van der Waals surface area contributed by atoms with Gasteiger partial charge in [0.25, 0.3) is 0 Å². The van der Waals surface area contributed by atoms with Crippen molar-refractivity contribution in [3.05, 3.63) is 29.8 Å². The SMILES string of the molecule is CCC(=O)OC(=O)CCc1ccccc1OC(C)=O. The van der Waals surface area contributed by atoms with Gasteiger partial charge in [0, 0.05) is 13.3 Å². The normalized spacial score (nSPS) is 9.79. The van der Waals surface area contributed by atoms with Crippen LogP contribution in [0.2, 0.25) is 0 Å². The molecule has 0 N–H and O–H groups in total. The average molecular weight is 264 g/mol. The van der Waals surface area contributed by atoms with Crippen molar-refractivity contribution in [1.29, 1.82) is 0 Å². The number of para-hydroxylation sites is 1. The number of aryl methyl sites for hydroxylation is 1. The van der Waals surface area contributed by atoms with Gasteiger partial charge in [0.1, 0.15) is 5.75 Å². The van der Waals surface area contributed by atoms with Crippen molar-refractivity contribution >= 4 is 17.9 Å². The van der Waals surface area contributed by atoms with Crippen molar-refractivity contribution in [3.8, 4) is 5.75 Å². The summed E-state index contributed by atoms with van der Waals surface area (Å²) < 4.78 is 9.58. The Balaban J connectivity index is 2.60. The minimum absolute atomic E-state index is 0.0595. The summed E-state index contributed by atoms with van der Waals surface area (Å²) in [4.78, 5) is 33.2. The predicted octanol–water partition coefficient (Wildman–Crippen LogP) is 2.02. The zero-order valence-corrected chi connectivity index (χ0v) is 11.0. The van der Waals surface area contributed by atoms with Crippen LogP contribution in [0.15, 0.2) is 24.3 Å². The molecule has 102 valence electrons. The molecule has 0 aliphatic rings. The number of esters is 3. The van der Waals surface area contributed by atoms with E-state index in [9.17, 15) is 14.4 Å². The van der Waals surface area contributed by atoms with Crippen molar-refractivity contribution < 1.29 is 23.9 Å². The molecule has 1 aromatic carbocycles. The van der Waals surface area contributed by atoms with Crippen LogP contribution >= 0.6 is 0 Å². The molecule has 0 aliphatic heterocycles. The van der Waals surface area contributed by atoms with E-state index in [1.165, 1.54) is 6.92 Å². The van der Waals surface area contributed by atoms with E-state index in [0.717, 1.165) is 5.56 Å². The number of hydrogen-bond donors (Lipinski definition) is 0. The van der Waals surface area contributed by atoms with Crippen LogP contribution in [-0.2, 0) is 25.5 Å². The highest BCUT2D eigenvalue weighted by molar-refractivity contribution is 5.85. The highest BCUT2D eigenvalue weighted by Crippen LogP contribution is 2.19. The monoisotopic (exact) mass is 264 g/mol. The second-order valence-electron chi connectivity index (χ2n) is 3.90. The summed E-state index contributed by atoms with van der Waals surface area (Å²) >= 11 is 0. The van der Waals surface area contributed by atoms with Crippen molar-refractivity contribution in [2.45, 2.75) is 33.1 Å². The van der Waals surface area contributed by atoms with Gasteiger partial charge in [0.2, 0.25) is 0 Å². The zero-order chi connectivity index (χ0) is 14.3. The molecule has 0 atom stereocenters. The fraction of sp³-hybridized carbons (Fsp3) is 0.357. The Morgan fingerprint density at radius 2 is 1.79 bits per heavy atom. The topological polar surface area (TPSA) is 69.7 Å². The summed E-state index contributed by atoms with van der Waals surface area (Å²) in [6.45, 7) is 2.93. The van der Waals surface area contributed by atoms with Gasteiger partial charge in [-0.1, -0.05) is 25.1 Å². The molecular formula is C14H16O5. The molecule has 0 amide bonds. The standard InChI is InChI=1S/C14H16O5/c1-3-13(16)19-14(17)9-8-11-6-4-5-7-12(11)18-10(2)15/h4-7H,3,8-9H2,1-2H3. The van der Waals surface area contributed by atoms with Crippen molar-refractivity contribution in [2.24, 2.45) is 0 Å². The number of ether oxygens (including phenoxy) is 2. The van der Waals surface area contributed by atoms with Crippen LogP contribution < -0.4 is 4.74 Å². The Kier molecular flexibility index (Phi) is 5.73. The van der Waals surface area contributed by atoms with Crippen molar-refractivity contribution in [3.63, 3.8) is 0 Å². The lowest BCUT2D eigenvalue weighted by atomic mass is 10.1. The van der Waals surface area contributed by atoms with E-state index in [-0.39, 0.29) is 12.8 Å². The lowest BCUT2D eigenvalue weighted by Gasteiger charge is -2.08. The molecular weight excluding hydrogens is 248 g/mol. The first-order valence-electron chi connectivity index (χ1n) is 6.02. The molecule has 0 spiro atoms. The number of rotatable bonds is 5. The van der Waals surface area contributed by atoms with E-state index in [1.54, 1.807) is 31.2 Å². The number of carbonyl (C=O) groups is 3. The zero-order valence-electron chi connectivity index (χ0n) is 11.0. The molecule has 0 fully saturated rings. The third kappa shape index (κ3) is 5.33. The van der Waals surface area contributed by atoms with E-state index in [4.69, 9.17) is 4.74 Å². The van der Waals surface area contributed by atoms with Crippen LogP contribution in [0.1, 0.15) is 32.3 Å². The smallest absolute Gasteiger partial charge is 0.313 e. The summed E-state index contributed by atoms with van der Waals surface area (Å²) in [5.41, 5.74) is 0.721. The number of carbonyl (C=O) groups excluding carboxylic acids is 3. The molecule has 0 bridgehead atoms. The van der Waals surface area contributed by atoms with Gasteiger partial charge in [-0.25, -0.2) is 0 Å². The van der Waals surface area contributed by atoms with Crippen LogP contribution in [0.5, 0.6) is 5.75 Å². The van der Waals surface area contributed by atoms with Gasteiger partial charge in [0.15, 0.2) is 0 Å². The molecule has 19 heavy (non-hydrogen) atoms. The Bertz CT molecular complexity index is 478. The number of hydrogen-bond acceptors (Lipinski definition) is 5. The second-order valence-corrected chi connectivity index (χ2v) is 3.90. The van der Waals surface area contributed by atoms with Crippen molar-refractivity contribution in [1.82, 2.24) is 0 Å². The maximum atomic E-state index is 11.4. The van der Waals surface area contributed by atoms with Gasteiger partial charge in [-0.15, -0.1) is 0 Å². The maximum Gasteiger partial charge on any atom is 0.313 e. The summed E-state index contributed by atoms with van der Waals surface area (Å²) in [7, 11) is 0. The Morgan fingerprint density at radius 3 is 2.42 bits per heavy atom. The van der Waals surface area contributed by atoms with Gasteiger partial charge in [-0.2, -0.15) is 0 Å². The molecule has 1 rings (SSSR count). The largest absolute Gasteiger partial charge is 0.426 e. The second kappa shape index (κ2) is 7.31. The molecule has 5 heteroatoms. The van der Waals surface area contributed by atoms with Crippen LogP contribution in [0.3, 0.4) is 0 Å². The fourth-order valence-corrected chi connectivity index (χ4v) is 1.45. The summed E-state index contributed by atoms with van der Waals surface area (Å²) in [6.07, 6.45) is 0.569. The lowest BCUT2D eigenvalue weighted by Crippen LogP contribution is -2.12. The molecule has 0 unspecified atom stereocenters. The lowest BCUT2D eigenvalue weighted by molar-refractivity contribution is -0.159. The Labute approximate surface area is 111 Å². The maximum absolute atomic E-state index is 11.4. The van der Waals surface area contributed by atoms with E-state index < -0.39 is 17.9 Å². The molecule has 5 nitrogen and oxygen atoms in total. The van der Waals surface area contributed by atoms with Gasteiger partial charge < -0.3 is 9.47 Å². The fourth-order valence-electron chi connectivity index (χ4n) is 1.45. The molecule has 0 heterocycles. The molecule has 0 radical (unpaired) electrons. The first-order chi connectivity index (χ1) is 9.02. The molecule has 0 saturated carbocycles. The predicted molar refractivity (Wildman–Crippen MR) is 67.5 cm³/mol. The average Bonchev–Trinajstić information content (AvgIpc) is 2.37. The van der Waals surface area contributed by atoms with Gasteiger partial charge in [-0.05, 0) is 18.1 Å². The Morgan fingerprint density at radius 1 is 1.11 bits per heavy atom. The minimum Gasteiger partial charge on any atom is -0.426 e. The van der Waals surface area contributed by atoms with Gasteiger partial charge >= 0.3 is 17.9 Å². The van der Waals surface area contributed by atoms with E-state index >= 15 is 0 Å².